The number of hydrogen-bond acceptors (Lipinski definition) is 5. The zero-order valence-corrected chi connectivity index (χ0v) is 13.0. The van der Waals surface area contributed by atoms with Gasteiger partial charge in [0.15, 0.2) is 11.6 Å². The number of phenols is 1. The second-order valence-corrected chi connectivity index (χ2v) is 5.74. The summed E-state index contributed by atoms with van der Waals surface area (Å²) in [5.41, 5.74) is 1.55. The van der Waals surface area contributed by atoms with Gasteiger partial charge in [-0.1, -0.05) is 42.5 Å². The van der Waals surface area contributed by atoms with E-state index in [1.54, 1.807) is 54.6 Å². The van der Waals surface area contributed by atoms with E-state index in [4.69, 9.17) is 0 Å². The molecule has 2 N–H and O–H groups in total. The lowest BCUT2D eigenvalue weighted by atomic mass is 9.83. The fraction of sp³-hybridized carbons (Fsp3) is 0. The molecule has 1 aliphatic rings. The molecule has 5 heteroatoms. The quantitative estimate of drug-likeness (QED) is 0.548. The minimum atomic E-state index is -0.319. The Bertz CT molecular complexity index is 1030. The predicted molar refractivity (Wildman–Crippen MR) is 91.8 cm³/mol. The lowest BCUT2D eigenvalue weighted by Gasteiger charge is -2.24. The normalized spacial score (nSPS) is 12.5. The van der Waals surface area contributed by atoms with Gasteiger partial charge < -0.3 is 5.11 Å². The van der Waals surface area contributed by atoms with Crippen LogP contribution in [0.1, 0.15) is 31.8 Å². The van der Waals surface area contributed by atoms with E-state index >= 15 is 0 Å². The summed E-state index contributed by atoms with van der Waals surface area (Å²) in [5.74, 6) is -0.592. The molecule has 0 unspecified atom stereocenters. The maximum Gasteiger partial charge on any atom is 0.196 e. The Morgan fingerprint density at radius 1 is 0.720 bits per heavy atom. The van der Waals surface area contributed by atoms with Crippen LogP contribution in [0, 0.1) is 0 Å². The maximum absolute atomic E-state index is 12.9. The first-order chi connectivity index (χ1) is 12.1. The second-order valence-electron chi connectivity index (χ2n) is 5.74. The van der Waals surface area contributed by atoms with Crippen molar-refractivity contribution in [2.45, 2.75) is 0 Å². The summed E-state index contributed by atoms with van der Waals surface area (Å²) in [6, 6.07) is 17.4. The number of ketones is 2. The van der Waals surface area contributed by atoms with Crippen molar-refractivity contribution in [3.05, 3.63) is 89.0 Å². The zero-order valence-electron chi connectivity index (χ0n) is 13.0. The van der Waals surface area contributed by atoms with Gasteiger partial charge >= 0.3 is 0 Å². The van der Waals surface area contributed by atoms with Gasteiger partial charge in [-0.15, -0.1) is 0 Å². The van der Waals surface area contributed by atoms with Gasteiger partial charge in [-0.05, 0) is 18.2 Å². The number of carbonyl (C=O) groups is 2. The summed E-state index contributed by atoms with van der Waals surface area (Å²) in [6.07, 6.45) is 0. The van der Waals surface area contributed by atoms with E-state index in [0.717, 1.165) is 5.06 Å². The molecular weight excluding hydrogens is 318 g/mol. The summed E-state index contributed by atoms with van der Waals surface area (Å²) in [7, 11) is 0. The summed E-state index contributed by atoms with van der Waals surface area (Å²) in [6.45, 7) is 0. The van der Waals surface area contributed by atoms with E-state index in [2.05, 4.69) is 0 Å². The standard InChI is InChI=1S/C20H13NO4/c22-13-6-3-5-12(11-13)21(25)17-10-4-9-16-18(17)20(24)15-8-2-1-7-14(15)19(16)23/h1-11,22,25H. The summed E-state index contributed by atoms with van der Waals surface area (Å²) < 4.78 is 0. The molecule has 3 aromatic rings. The number of anilines is 2. The molecular formula is C20H13NO4. The van der Waals surface area contributed by atoms with E-state index in [0.29, 0.717) is 11.1 Å². The van der Waals surface area contributed by atoms with Crippen molar-refractivity contribution in [2.24, 2.45) is 0 Å². The van der Waals surface area contributed by atoms with Crippen LogP contribution >= 0.6 is 0 Å². The van der Waals surface area contributed by atoms with E-state index in [-0.39, 0.29) is 39.8 Å². The average Bonchev–Trinajstić information content (AvgIpc) is 2.65. The van der Waals surface area contributed by atoms with Crippen LogP contribution in [0.25, 0.3) is 0 Å². The van der Waals surface area contributed by atoms with E-state index in [9.17, 15) is 19.9 Å². The molecule has 0 atom stereocenters. The second kappa shape index (κ2) is 5.58. The largest absolute Gasteiger partial charge is 0.508 e. The third-order valence-corrected chi connectivity index (χ3v) is 4.23. The Morgan fingerprint density at radius 3 is 2.08 bits per heavy atom. The van der Waals surface area contributed by atoms with Crippen molar-refractivity contribution in [2.75, 3.05) is 5.06 Å². The number of nitrogens with zero attached hydrogens (tertiary/aromatic N) is 1. The topological polar surface area (TPSA) is 77.8 Å². The molecule has 0 radical (unpaired) electrons. The Balaban J connectivity index is 1.91. The number of hydrogen-bond donors (Lipinski definition) is 2. The van der Waals surface area contributed by atoms with Gasteiger partial charge in [0, 0.05) is 22.8 Å². The van der Waals surface area contributed by atoms with Crippen LogP contribution in [-0.4, -0.2) is 21.9 Å². The van der Waals surface area contributed by atoms with Crippen LogP contribution in [0.5, 0.6) is 5.75 Å². The number of fused-ring (bicyclic) bond motifs is 2. The lowest BCUT2D eigenvalue weighted by Crippen LogP contribution is -2.24. The van der Waals surface area contributed by atoms with E-state index in [1.165, 1.54) is 12.1 Å². The molecule has 25 heavy (non-hydrogen) atoms. The van der Waals surface area contributed by atoms with Crippen molar-refractivity contribution in [1.82, 2.24) is 0 Å². The SMILES string of the molecule is O=C1c2ccccc2C(=O)c2c1cccc2N(O)c1cccc(O)c1. The molecule has 0 aliphatic heterocycles. The van der Waals surface area contributed by atoms with Crippen LogP contribution in [0.3, 0.4) is 0 Å². The first kappa shape index (κ1) is 15.1. The highest BCUT2D eigenvalue weighted by molar-refractivity contribution is 6.30. The minimum absolute atomic E-state index is 0.0194. The molecule has 122 valence electrons. The van der Waals surface area contributed by atoms with E-state index in [1.807, 2.05) is 0 Å². The average molecular weight is 331 g/mol. The van der Waals surface area contributed by atoms with Gasteiger partial charge in [-0.2, -0.15) is 0 Å². The highest BCUT2D eigenvalue weighted by Gasteiger charge is 2.32. The Hall–Kier alpha value is -3.44. The van der Waals surface area contributed by atoms with Gasteiger partial charge in [0.2, 0.25) is 0 Å². The zero-order chi connectivity index (χ0) is 17.6. The van der Waals surface area contributed by atoms with Crippen molar-refractivity contribution in [3.63, 3.8) is 0 Å². The molecule has 3 aromatic carbocycles. The summed E-state index contributed by atoms with van der Waals surface area (Å²) >= 11 is 0. The number of aromatic hydroxyl groups is 1. The fourth-order valence-electron chi connectivity index (χ4n) is 3.07. The number of benzene rings is 3. The molecule has 0 bridgehead atoms. The van der Waals surface area contributed by atoms with Gasteiger partial charge in [0.1, 0.15) is 5.75 Å². The Morgan fingerprint density at radius 2 is 1.36 bits per heavy atom. The molecule has 0 saturated heterocycles. The number of rotatable bonds is 2. The van der Waals surface area contributed by atoms with Crippen LogP contribution in [-0.2, 0) is 0 Å². The van der Waals surface area contributed by atoms with Gasteiger partial charge in [-0.3, -0.25) is 14.8 Å². The monoisotopic (exact) mass is 331 g/mol. The Labute approximate surface area is 143 Å². The summed E-state index contributed by atoms with van der Waals surface area (Å²) in [4.78, 5) is 25.7. The maximum atomic E-state index is 12.9. The van der Waals surface area contributed by atoms with Gasteiger partial charge in [0.05, 0.1) is 16.9 Å². The Kier molecular flexibility index (Phi) is 3.37. The van der Waals surface area contributed by atoms with Crippen LogP contribution in [0.2, 0.25) is 0 Å². The highest BCUT2D eigenvalue weighted by atomic mass is 16.5. The van der Waals surface area contributed by atoms with Crippen molar-refractivity contribution in [1.29, 1.82) is 0 Å². The van der Waals surface area contributed by atoms with Crippen LogP contribution in [0.15, 0.2) is 66.7 Å². The fourth-order valence-corrected chi connectivity index (χ4v) is 3.07. The lowest BCUT2D eigenvalue weighted by molar-refractivity contribution is 0.0978. The number of carbonyl (C=O) groups excluding carboxylic acids is 2. The minimum Gasteiger partial charge on any atom is -0.508 e. The molecule has 0 heterocycles. The third-order valence-electron chi connectivity index (χ3n) is 4.23. The third kappa shape index (κ3) is 2.29. The highest BCUT2D eigenvalue weighted by Crippen LogP contribution is 2.36. The smallest absolute Gasteiger partial charge is 0.196 e. The van der Waals surface area contributed by atoms with Crippen molar-refractivity contribution in [3.8, 4) is 5.75 Å². The van der Waals surface area contributed by atoms with Crippen molar-refractivity contribution < 1.29 is 19.9 Å². The molecule has 0 aromatic heterocycles. The van der Waals surface area contributed by atoms with Crippen LogP contribution < -0.4 is 5.06 Å². The molecule has 0 fully saturated rings. The molecule has 1 aliphatic carbocycles. The first-order valence-electron chi connectivity index (χ1n) is 7.67. The van der Waals surface area contributed by atoms with Gasteiger partial charge in [-0.25, -0.2) is 5.06 Å². The predicted octanol–water partition coefficient (Wildman–Crippen LogP) is 3.69. The molecule has 0 amide bonds. The molecule has 0 saturated carbocycles. The molecule has 0 spiro atoms. The van der Waals surface area contributed by atoms with Gasteiger partial charge in [0.25, 0.3) is 0 Å². The van der Waals surface area contributed by atoms with Crippen LogP contribution in [0.4, 0.5) is 11.4 Å². The molecule has 4 rings (SSSR count). The first-order valence-corrected chi connectivity index (χ1v) is 7.67. The molecule has 5 nitrogen and oxygen atoms in total. The number of phenolic OH excluding ortho intramolecular Hbond substituents is 1. The van der Waals surface area contributed by atoms with Crippen molar-refractivity contribution >= 4 is 22.9 Å². The van der Waals surface area contributed by atoms with E-state index < -0.39 is 0 Å². The summed E-state index contributed by atoms with van der Waals surface area (Å²) in [5, 5.41) is 21.0.